The van der Waals surface area contributed by atoms with E-state index in [1.807, 2.05) is 6.92 Å². The zero-order chi connectivity index (χ0) is 15.4. The molecular weight excluding hydrogens is 296 g/mol. The monoisotopic (exact) mass is 308 g/mol. The van der Waals surface area contributed by atoms with Crippen LogP contribution in [0.1, 0.15) is 23.7 Å². The normalized spacial score (nSPS) is 10.4. The van der Waals surface area contributed by atoms with Gasteiger partial charge < -0.3 is 14.4 Å². The summed E-state index contributed by atoms with van der Waals surface area (Å²) in [4.78, 5) is 27.0. The fourth-order valence-corrected chi connectivity index (χ4v) is 1.96. The quantitative estimate of drug-likeness (QED) is 0.918. The van der Waals surface area contributed by atoms with Crippen molar-refractivity contribution in [3.8, 4) is 11.6 Å². The van der Waals surface area contributed by atoms with Crippen molar-refractivity contribution in [3.63, 3.8) is 0 Å². The third-order valence-corrected chi connectivity index (χ3v) is 3.06. The first-order chi connectivity index (χ1) is 10.0. The summed E-state index contributed by atoms with van der Waals surface area (Å²) in [5, 5.41) is 9.10. The molecular formula is C14H13ClN2O4. The average Bonchev–Trinajstić information content (AvgIpc) is 2.45. The second-order valence-electron chi connectivity index (χ2n) is 4.28. The van der Waals surface area contributed by atoms with Crippen LogP contribution >= 0.6 is 11.6 Å². The fraction of sp³-hybridized carbons (Fsp3) is 0.214. The number of ether oxygens (including phenoxy) is 1. The number of nitrogens with zero attached hydrogens (tertiary/aromatic N) is 2. The number of halogens is 1. The summed E-state index contributed by atoms with van der Waals surface area (Å²) in [5.41, 5.74) is -0.467. The molecule has 0 aliphatic heterocycles. The van der Waals surface area contributed by atoms with Gasteiger partial charge in [-0.2, -0.15) is 0 Å². The van der Waals surface area contributed by atoms with Crippen LogP contribution in [0.4, 0.5) is 0 Å². The number of aromatic carboxylic acids is 1. The third kappa shape index (κ3) is 3.41. The first-order valence-electron chi connectivity index (χ1n) is 6.29. The Labute approximate surface area is 125 Å². The lowest BCUT2D eigenvalue weighted by molar-refractivity contribution is 0.0696. The van der Waals surface area contributed by atoms with Crippen molar-refractivity contribution in [2.45, 2.75) is 19.9 Å². The van der Waals surface area contributed by atoms with Gasteiger partial charge in [0.05, 0.1) is 10.6 Å². The number of carbonyl (C=O) groups is 1. The van der Waals surface area contributed by atoms with Gasteiger partial charge in [-0.05, 0) is 24.6 Å². The van der Waals surface area contributed by atoms with Crippen molar-refractivity contribution in [3.05, 3.63) is 51.5 Å². The number of aryl methyl sites for hydroxylation is 1. The van der Waals surface area contributed by atoms with Crippen molar-refractivity contribution < 1.29 is 14.6 Å². The molecule has 1 aromatic heterocycles. The number of carboxylic acid groups (broad SMARTS) is 1. The van der Waals surface area contributed by atoms with Crippen molar-refractivity contribution in [2.24, 2.45) is 0 Å². The molecule has 0 saturated heterocycles. The molecule has 0 aliphatic rings. The summed E-state index contributed by atoms with van der Waals surface area (Å²) < 4.78 is 6.86. The molecule has 7 heteroatoms. The first-order valence-corrected chi connectivity index (χ1v) is 6.67. The number of rotatable bonds is 5. The molecule has 1 aromatic carbocycles. The van der Waals surface area contributed by atoms with Crippen molar-refractivity contribution in [1.82, 2.24) is 9.55 Å². The molecule has 1 heterocycles. The first kappa shape index (κ1) is 15.1. The molecule has 21 heavy (non-hydrogen) atoms. The zero-order valence-corrected chi connectivity index (χ0v) is 12.0. The molecule has 0 atom stereocenters. The van der Waals surface area contributed by atoms with E-state index in [-0.39, 0.29) is 27.8 Å². The molecule has 2 aromatic rings. The molecule has 0 bridgehead atoms. The highest BCUT2D eigenvalue weighted by molar-refractivity contribution is 6.33. The minimum atomic E-state index is -1.17. The Morgan fingerprint density at radius 1 is 1.48 bits per heavy atom. The van der Waals surface area contributed by atoms with E-state index in [1.54, 1.807) is 6.20 Å². The SMILES string of the molecule is CCCn1ccnc(Oc2ccc(Cl)c(C(=O)O)c2)c1=O. The van der Waals surface area contributed by atoms with Gasteiger partial charge in [0, 0.05) is 18.9 Å². The van der Waals surface area contributed by atoms with Gasteiger partial charge in [-0.3, -0.25) is 4.79 Å². The minimum absolute atomic E-state index is 0.0965. The number of hydrogen-bond acceptors (Lipinski definition) is 4. The molecule has 1 N–H and O–H groups in total. The lowest BCUT2D eigenvalue weighted by Crippen LogP contribution is -2.21. The van der Waals surface area contributed by atoms with E-state index in [9.17, 15) is 9.59 Å². The van der Waals surface area contributed by atoms with E-state index in [0.29, 0.717) is 6.54 Å². The predicted molar refractivity (Wildman–Crippen MR) is 77.3 cm³/mol. The topological polar surface area (TPSA) is 81.4 Å². The molecule has 0 aliphatic carbocycles. The molecule has 0 amide bonds. The van der Waals surface area contributed by atoms with Gasteiger partial charge in [0.1, 0.15) is 5.75 Å². The molecule has 2 rings (SSSR count). The Morgan fingerprint density at radius 3 is 2.90 bits per heavy atom. The van der Waals surface area contributed by atoms with E-state index in [4.69, 9.17) is 21.4 Å². The number of aromatic nitrogens is 2. The van der Waals surface area contributed by atoms with Crippen LogP contribution in [-0.4, -0.2) is 20.6 Å². The molecule has 6 nitrogen and oxygen atoms in total. The summed E-state index contributed by atoms with van der Waals surface area (Å²) in [7, 11) is 0. The number of carboxylic acids is 1. The molecule has 0 fully saturated rings. The lowest BCUT2D eigenvalue weighted by Gasteiger charge is -2.08. The van der Waals surface area contributed by atoms with Gasteiger partial charge in [0.25, 0.3) is 5.88 Å². The van der Waals surface area contributed by atoms with Gasteiger partial charge >= 0.3 is 11.5 Å². The van der Waals surface area contributed by atoms with E-state index < -0.39 is 5.97 Å². The van der Waals surface area contributed by atoms with Crippen LogP contribution in [0.2, 0.25) is 5.02 Å². The summed E-state index contributed by atoms with van der Waals surface area (Å²) >= 11 is 5.77. The van der Waals surface area contributed by atoms with Crippen LogP contribution < -0.4 is 10.3 Å². The standard InChI is InChI=1S/C14H13ClN2O4/c1-2-6-17-7-5-16-12(13(17)18)21-9-3-4-11(15)10(8-9)14(19)20/h3-5,7-8H,2,6H2,1H3,(H,19,20). The fourth-order valence-electron chi connectivity index (χ4n) is 1.76. The van der Waals surface area contributed by atoms with Crippen LogP contribution in [0.15, 0.2) is 35.4 Å². The Kier molecular flexibility index (Phi) is 4.59. The minimum Gasteiger partial charge on any atom is -0.478 e. The highest BCUT2D eigenvalue weighted by Gasteiger charge is 2.12. The maximum atomic E-state index is 12.1. The third-order valence-electron chi connectivity index (χ3n) is 2.73. The smallest absolute Gasteiger partial charge is 0.337 e. The molecule has 0 saturated carbocycles. The van der Waals surface area contributed by atoms with Crippen LogP contribution in [-0.2, 0) is 6.54 Å². The Morgan fingerprint density at radius 2 is 2.24 bits per heavy atom. The lowest BCUT2D eigenvalue weighted by atomic mass is 10.2. The van der Waals surface area contributed by atoms with Gasteiger partial charge in [-0.1, -0.05) is 18.5 Å². The van der Waals surface area contributed by atoms with E-state index in [1.165, 1.54) is 29.0 Å². The summed E-state index contributed by atoms with van der Waals surface area (Å²) in [6.07, 6.45) is 3.83. The van der Waals surface area contributed by atoms with Crippen molar-refractivity contribution in [1.29, 1.82) is 0 Å². The van der Waals surface area contributed by atoms with E-state index in [0.717, 1.165) is 6.42 Å². The van der Waals surface area contributed by atoms with E-state index in [2.05, 4.69) is 4.98 Å². The molecule has 0 spiro atoms. The Bertz CT molecular complexity index is 727. The van der Waals surface area contributed by atoms with Crippen LogP contribution in [0.3, 0.4) is 0 Å². The van der Waals surface area contributed by atoms with Gasteiger partial charge in [-0.25, -0.2) is 9.78 Å². The van der Waals surface area contributed by atoms with Crippen molar-refractivity contribution in [2.75, 3.05) is 0 Å². The van der Waals surface area contributed by atoms with Gasteiger partial charge in [-0.15, -0.1) is 0 Å². The van der Waals surface area contributed by atoms with Gasteiger partial charge in [0.2, 0.25) is 0 Å². The predicted octanol–water partition coefficient (Wildman–Crippen LogP) is 2.80. The maximum Gasteiger partial charge on any atom is 0.337 e. The van der Waals surface area contributed by atoms with Crippen LogP contribution in [0.5, 0.6) is 11.6 Å². The molecule has 0 radical (unpaired) electrons. The second kappa shape index (κ2) is 6.41. The summed E-state index contributed by atoms with van der Waals surface area (Å²) in [6.45, 7) is 2.50. The Hall–Kier alpha value is -2.34. The average molecular weight is 309 g/mol. The number of hydrogen-bond donors (Lipinski definition) is 1. The summed E-state index contributed by atoms with van der Waals surface area (Å²) in [5.74, 6) is -1.09. The highest BCUT2D eigenvalue weighted by Crippen LogP contribution is 2.24. The second-order valence-corrected chi connectivity index (χ2v) is 4.69. The zero-order valence-electron chi connectivity index (χ0n) is 11.2. The van der Waals surface area contributed by atoms with Crippen LogP contribution in [0.25, 0.3) is 0 Å². The summed E-state index contributed by atoms with van der Waals surface area (Å²) in [6, 6.07) is 4.13. The van der Waals surface area contributed by atoms with Gasteiger partial charge in [0.15, 0.2) is 0 Å². The molecule has 0 unspecified atom stereocenters. The maximum absolute atomic E-state index is 12.1. The number of benzene rings is 1. The Balaban J connectivity index is 2.35. The largest absolute Gasteiger partial charge is 0.478 e. The molecule has 110 valence electrons. The van der Waals surface area contributed by atoms with E-state index >= 15 is 0 Å². The van der Waals surface area contributed by atoms with Crippen LogP contribution in [0, 0.1) is 0 Å². The highest BCUT2D eigenvalue weighted by atomic mass is 35.5. The van der Waals surface area contributed by atoms with Crippen molar-refractivity contribution >= 4 is 17.6 Å².